The lowest BCUT2D eigenvalue weighted by Gasteiger charge is -2.17. The number of hydrogen-bond acceptors (Lipinski definition) is 2. The zero-order valence-corrected chi connectivity index (χ0v) is 12.4. The Kier molecular flexibility index (Phi) is 4.24. The highest BCUT2D eigenvalue weighted by molar-refractivity contribution is 5.98. The SMILES string of the molecule is O=C(NC1CC(=O)N(c2cccc(F)c2)C1)c1ccc(F)c(F)c1. The van der Waals surface area contributed by atoms with Crippen LogP contribution in [0.15, 0.2) is 42.5 Å². The molecule has 0 aliphatic carbocycles. The number of rotatable bonds is 3. The van der Waals surface area contributed by atoms with E-state index in [2.05, 4.69) is 5.32 Å². The van der Waals surface area contributed by atoms with Crippen molar-refractivity contribution in [2.24, 2.45) is 0 Å². The first kappa shape index (κ1) is 16.0. The van der Waals surface area contributed by atoms with E-state index in [1.165, 1.54) is 23.1 Å². The second kappa shape index (κ2) is 6.35. The van der Waals surface area contributed by atoms with E-state index in [9.17, 15) is 22.8 Å². The van der Waals surface area contributed by atoms with E-state index in [1.807, 2.05) is 0 Å². The molecule has 1 aliphatic rings. The average Bonchev–Trinajstić information content (AvgIpc) is 2.90. The Morgan fingerprint density at radius 2 is 1.88 bits per heavy atom. The fourth-order valence-electron chi connectivity index (χ4n) is 2.60. The minimum Gasteiger partial charge on any atom is -0.347 e. The quantitative estimate of drug-likeness (QED) is 0.938. The molecule has 1 atom stereocenters. The highest BCUT2D eigenvalue weighted by Gasteiger charge is 2.32. The number of halogens is 3. The van der Waals surface area contributed by atoms with E-state index in [1.54, 1.807) is 6.07 Å². The van der Waals surface area contributed by atoms with E-state index in [-0.39, 0.29) is 24.4 Å². The number of carbonyl (C=O) groups is 2. The van der Waals surface area contributed by atoms with Crippen molar-refractivity contribution in [3.63, 3.8) is 0 Å². The average molecular weight is 334 g/mol. The number of carbonyl (C=O) groups excluding carboxylic acids is 2. The largest absolute Gasteiger partial charge is 0.347 e. The Hall–Kier alpha value is -2.83. The smallest absolute Gasteiger partial charge is 0.251 e. The van der Waals surface area contributed by atoms with Gasteiger partial charge in [0, 0.05) is 24.2 Å². The van der Waals surface area contributed by atoms with Crippen LogP contribution in [0.3, 0.4) is 0 Å². The molecule has 7 heteroatoms. The Morgan fingerprint density at radius 3 is 2.58 bits per heavy atom. The van der Waals surface area contributed by atoms with E-state index >= 15 is 0 Å². The highest BCUT2D eigenvalue weighted by Crippen LogP contribution is 2.22. The first-order chi connectivity index (χ1) is 11.4. The van der Waals surface area contributed by atoms with Crippen LogP contribution in [0.5, 0.6) is 0 Å². The summed E-state index contributed by atoms with van der Waals surface area (Å²) in [4.78, 5) is 25.5. The van der Waals surface area contributed by atoms with Crippen molar-refractivity contribution < 1.29 is 22.8 Å². The minimum absolute atomic E-state index is 0.0365. The van der Waals surface area contributed by atoms with Gasteiger partial charge in [0.2, 0.25) is 5.91 Å². The third-order valence-electron chi connectivity index (χ3n) is 3.76. The standard InChI is InChI=1S/C17H13F3N2O2/c18-11-2-1-3-13(7-11)22-9-12(8-16(22)23)21-17(24)10-4-5-14(19)15(20)6-10/h1-7,12H,8-9H2,(H,21,24). The van der Waals surface area contributed by atoms with Gasteiger partial charge >= 0.3 is 0 Å². The van der Waals surface area contributed by atoms with Gasteiger partial charge in [-0.3, -0.25) is 9.59 Å². The summed E-state index contributed by atoms with van der Waals surface area (Å²) < 4.78 is 39.4. The molecule has 0 saturated carbocycles. The second-order valence-electron chi connectivity index (χ2n) is 5.49. The summed E-state index contributed by atoms with van der Waals surface area (Å²) in [5.74, 6) is -3.48. The number of amides is 2. The first-order valence-electron chi connectivity index (χ1n) is 7.26. The Morgan fingerprint density at radius 1 is 1.08 bits per heavy atom. The summed E-state index contributed by atoms with van der Waals surface area (Å²) in [6, 6.07) is 7.92. The van der Waals surface area contributed by atoms with Crippen molar-refractivity contribution >= 4 is 17.5 Å². The normalized spacial score (nSPS) is 17.2. The van der Waals surface area contributed by atoms with Gasteiger partial charge in [0.15, 0.2) is 11.6 Å². The monoisotopic (exact) mass is 334 g/mol. The van der Waals surface area contributed by atoms with Gasteiger partial charge in [-0.1, -0.05) is 6.07 Å². The van der Waals surface area contributed by atoms with Gasteiger partial charge < -0.3 is 10.2 Å². The Bertz CT molecular complexity index is 810. The predicted molar refractivity (Wildman–Crippen MR) is 81.0 cm³/mol. The molecule has 2 aromatic rings. The van der Waals surface area contributed by atoms with E-state index in [0.29, 0.717) is 5.69 Å². The van der Waals surface area contributed by atoms with Crippen LogP contribution in [0.2, 0.25) is 0 Å². The van der Waals surface area contributed by atoms with E-state index in [4.69, 9.17) is 0 Å². The molecule has 1 N–H and O–H groups in total. The van der Waals surface area contributed by atoms with Crippen LogP contribution in [-0.2, 0) is 4.79 Å². The molecule has 24 heavy (non-hydrogen) atoms. The Labute approximate surface area is 135 Å². The van der Waals surface area contributed by atoms with Crippen LogP contribution in [0.1, 0.15) is 16.8 Å². The summed E-state index contributed by atoms with van der Waals surface area (Å²) >= 11 is 0. The zero-order valence-electron chi connectivity index (χ0n) is 12.4. The minimum atomic E-state index is -1.12. The molecule has 124 valence electrons. The van der Waals surface area contributed by atoms with Gasteiger partial charge in [-0.05, 0) is 36.4 Å². The lowest BCUT2D eigenvalue weighted by molar-refractivity contribution is -0.117. The summed E-state index contributed by atoms with van der Waals surface area (Å²) in [7, 11) is 0. The first-order valence-corrected chi connectivity index (χ1v) is 7.26. The summed E-state index contributed by atoms with van der Waals surface area (Å²) in [5, 5.41) is 2.60. The fraction of sp³-hybridized carbons (Fsp3) is 0.176. The lowest BCUT2D eigenvalue weighted by atomic mass is 10.1. The molecular weight excluding hydrogens is 321 g/mol. The van der Waals surface area contributed by atoms with Crippen molar-refractivity contribution in [3.05, 3.63) is 65.5 Å². The van der Waals surface area contributed by atoms with Gasteiger partial charge in [0.25, 0.3) is 5.91 Å². The fourth-order valence-corrected chi connectivity index (χ4v) is 2.60. The third-order valence-corrected chi connectivity index (χ3v) is 3.76. The molecule has 1 heterocycles. The molecule has 1 fully saturated rings. The molecule has 0 radical (unpaired) electrons. The van der Waals surface area contributed by atoms with E-state index < -0.39 is 29.4 Å². The lowest BCUT2D eigenvalue weighted by Crippen LogP contribution is -2.37. The molecule has 1 saturated heterocycles. The van der Waals surface area contributed by atoms with Crippen LogP contribution in [0.25, 0.3) is 0 Å². The van der Waals surface area contributed by atoms with Gasteiger partial charge in [0.05, 0.1) is 6.04 Å². The molecule has 0 aromatic heterocycles. The number of benzene rings is 2. The highest BCUT2D eigenvalue weighted by atomic mass is 19.2. The number of anilines is 1. The van der Waals surface area contributed by atoms with Gasteiger partial charge in [-0.25, -0.2) is 13.2 Å². The summed E-state index contributed by atoms with van der Waals surface area (Å²) in [5.41, 5.74) is 0.370. The maximum absolute atomic E-state index is 13.3. The van der Waals surface area contributed by atoms with Crippen LogP contribution >= 0.6 is 0 Å². The molecule has 2 aromatic carbocycles. The van der Waals surface area contributed by atoms with Crippen LogP contribution in [-0.4, -0.2) is 24.4 Å². The molecule has 0 bridgehead atoms. The van der Waals surface area contributed by atoms with Crippen molar-refractivity contribution in [2.45, 2.75) is 12.5 Å². The van der Waals surface area contributed by atoms with E-state index in [0.717, 1.165) is 18.2 Å². The Balaban J connectivity index is 1.69. The van der Waals surface area contributed by atoms with Crippen LogP contribution < -0.4 is 10.2 Å². The third kappa shape index (κ3) is 3.24. The maximum atomic E-state index is 13.3. The van der Waals surface area contributed by atoms with Crippen molar-refractivity contribution in [1.29, 1.82) is 0 Å². The van der Waals surface area contributed by atoms with Crippen molar-refractivity contribution in [3.8, 4) is 0 Å². The maximum Gasteiger partial charge on any atom is 0.251 e. The van der Waals surface area contributed by atoms with Gasteiger partial charge in [-0.2, -0.15) is 0 Å². The predicted octanol–water partition coefficient (Wildman–Crippen LogP) is 2.64. The molecule has 1 unspecified atom stereocenters. The number of nitrogens with one attached hydrogen (secondary N) is 1. The molecule has 1 aliphatic heterocycles. The number of hydrogen-bond donors (Lipinski definition) is 1. The van der Waals surface area contributed by atoms with Gasteiger partial charge in [0.1, 0.15) is 5.82 Å². The molecule has 3 rings (SSSR count). The summed E-state index contributed by atoms with van der Waals surface area (Å²) in [6.45, 7) is 0.178. The summed E-state index contributed by atoms with van der Waals surface area (Å²) in [6.07, 6.45) is 0.0475. The van der Waals surface area contributed by atoms with Gasteiger partial charge in [-0.15, -0.1) is 0 Å². The van der Waals surface area contributed by atoms with Crippen LogP contribution in [0, 0.1) is 17.5 Å². The van der Waals surface area contributed by atoms with Crippen LogP contribution in [0.4, 0.5) is 18.9 Å². The topological polar surface area (TPSA) is 49.4 Å². The zero-order chi connectivity index (χ0) is 17.3. The second-order valence-corrected chi connectivity index (χ2v) is 5.49. The van der Waals surface area contributed by atoms with Crippen molar-refractivity contribution in [2.75, 3.05) is 11.4 Å². The number of nitrogens with zero attached hydrogens (tertiary/aromatic N) is 1. The molecule has 4 nitrogen and oxygen atoms in total. The molecule has 2 amide bonds. The molecule has 0 spiro atoms. The van der Waals surface area contributed by atoms with Crippen molar-refractivity contribution in [1.82, 2.24) is 5.32 Å². The molecular formula is C17H13F3N2O2.